The Morgan fingerprint density at radius 1 is 0.846 bits per heavy atom. The predicted molar refractivity (Wildman–Crippen MR) is 224 cm³/mol. The number of rotatable bonds is 2. The fourth-order valence-electron chi connectivity index (χ4n) is 13.9. The molecule has 1 spiro atoms. The fraction of sp³-hybridized carbons (Fsp3) is 0.750. The molecule has 2 saturated carbocycles. The molecule has 2 fully saturated rings. The minimum Gasteiger partial charge on any atom is -0.363 e. The van der Waals surface area contributed by atoms with Crippen LogP contribution in [0.3, 0.4) is 0 Å². The Morgan fingerprint density at radius 3 is 2.25 bits per heavy atom. The van der Waals surface area contributed by atoms with E-state index >= 15 is 0 Å². The van der Waals surface area contributed by atoms with Crippen LogP contribution in [0.15, 0.2) is 46.5 Å². The van der Waals surface area contributed by atoms with E-state index in [-0.39, 0.29) is 27.2 Å². The van der Waals surface area contributed by atoms with Crippen molar-refractivity contribution < 1.29 is 0 Å². The van der Waals surface area contributed by atoms with Gasteiger partial charge in [-0.15, -0.1) is 11.6 Å². The van der Waals surface area contributed by atoms with Gasteiger partial charge in [0.2, 0.25) is 6.71 Å². The van der Waals surface area contributed by atoms with Gasteiger partial charge in [0.25, 0.3) is 0 Å². The summed E-state index contributed by atoms with van der Waals surface area (Å²) in [5.41, 5.74) is 14.8. The Kier molecular flexibility index (Phi) is 8.63. The highest BCUT2D eigenvalue weighted by atomic mass is 35.5. The molecule has 0 saturated heterocycles. The summed E-state index contributed by atoms with van der Waals surface area (Å²) in [6.45, 7) is 23.3. The maximum absolute atomic E-state index is 7.27. The van der Waals surface area contributed by atoms with Crippen molar-refractivity contribution in [2.75, 3.05) is 4.90 Å². The molecule has 2 nitrogen and oxygen atoms in total. The Labute approximate surface area is 323 Å². The number of allylic oxidation sites excluding steroid dienone is 3. The van der Waals surface area contributed by atoms with Gasteiger partial charge in [-0.3, -0.25) is 0 Å². The quantitative estimate of drug-likeness (QED) is 0.170. The standard InChI is InChI=1S/C48H70BClN2/c1-30-24-40-43-41(25-30)52-44-38(21-19-36(31-16-12-10-13-17-31)42(44)48(47(52,8)9)22-14-11-15-23-48)49(43)37-20-18-34(50)29-39(37)51(40)35-27-32(45(2,3)4)26-33(28-35)46(5,6)7/h19-21,27,30-31,33-35,39,41H,10-18,22-26,28-29H2,1-9H3. The highest BCUT2D eigenvalue weighted by Gasteiger charge is 2.64. The van der Waals surface area contributed by atoms with Crippen molar-refractivity contribution in [2.45, 2.75) is 205 Å². The molecule has 1 aromatic rings. The van der Waals surface area contributed by atoms with Gasteiger partial charge in [-0.25, -0.2) is 0 Å². The molecular formula is C48H70BClN2. The van der Waals surface area contributed by atoms with Gasteiger partial charge in [0.15, 0.2) is 0 Å². The third-order valence-corrected chi connectivity index (χ3v) is 17.0. The maximum atomic E-state index is 7.27. The lowest BCUT2D eigenvalue weighted by Crippen LogP contribution is -2.67. The van der Waals surface area contributed by atoms with Gasteiger partial charge in [0.05, 0.1) is 0 Å². The van der Waals surface area contributed by atoms with Crippen molar-refractivity contribution in [3.63, 3.8) is 0 Å². The van der Waals surface area contributed by atoms with Crippen LogP contribution >= 0.6 is 11.6 Å². The zero-order valence-corrected chi connectivity index (χ0v) is 35.3. The van der Waals surface area contributed by atoms with E-state index < -0.39 is 0 Å². The van der Waals surface area contributed by atoms with Crippen LogP contribution in [-0.4, -0.2) is 40.7 Å². The van der Waals surface area contributed by atoms with Crippen LogP contribution in [0.5, 0.6) is 0 Å². The van der Waals surface area contributed by atoms with Crippen molar-refractivity contribution in [3.05, 3.63) is 57.6 Å². The van der Waals surface area contributed by atoms with E-state index in [0.717, 1.165) is 18.8 Å². The van der Waals surface area contributed by atoms with E-state index in [1.165, 1.54) is 89.9 Å². The topological polar surface area (TPSA) is 6.48 Å². The van der Waals surface area contributed by atoms with E-state index in [1.807, 2.05) is 11.0 Å². The average molecular weight is 721 g/mol. The molecule has 5 aliphatic carbocycles. The van der Waals surface area contributed by atoms with Crippen LogP contribution < -0.4 is 10.4 Å². The predicted octanol–water partition coefficient (Wildman–Crippen LogP) is 12.2. The second kappa shape index (κ2) is 12.5. The average Bonchev–Trinajstić information content (AvgIpc) is 3.29. The molecular weight excluding hydrogens is 651 g/mol. The zero-order chi connectivity index (χ0) is 36.5. The first-order valence-corrected chi connectivity index (χ1v) is 22.6. The molecule has 3 aliphatic heterocycles. The summed E-state index contributed by atoms with van der Waals surface area (Å²) in [6, 6.07) is 6.73. The summed E-state index contributed by atoms with van der Waals surface area (Å²) in [5.74, 6) is 2.09. The van der Waals surface area contributed by atoms with Gasteiger partial charge in [-0.1, -0.05) is 128 Å². The normalized spacial score (nSPS) is 34.2. The number of hydrogen-bond donors (Lipinski definition) is 0. The second-order valence-electron chi connectivity index (χ2n) is 22.0. The third-order valence-electron chi connectivity index (χ3n) is 16.7. The lowest BCUT2D eigenvalue weighted by Gasteiger charge is -2.60. The number of benzene rings is 1. The summed E-state index contributed by atoms with van der Waals surface area (Å²) < 4.78 is 0. The van der Waals surface area contributed by atoms with Crippen LogP contribution in [-0.2, 0) is 5.41 Å². The molecule has 0 bridgehead atoms. The minimum absolute atomic E-state index is 0.103. The summed E-state index contributed by atoms with van der Waals surface area (Å²) in [5, 5.41) is 0.215. The van der Waals surface area contributed by atoms with E-state index in [2.05, 4.69) is 96.4 Å². The SMILES string of the molecule is CC1CC2=C3B(C4=CCC(Cl)CC4N2C2C=C(C(C)(C)C)CC(C(C)(C)C)C2)c2ccc(C4CCCCC4)c4c2N(C3C1)C(C)(C)C41CCCCC1. The van der Waals surface area contributed by atoms with Gasteiger partial charge in [-0.05, 0) is 123 Å². The molecule has 6 unspecified atom stereocenters. The Balaban J connectivity index is 1.29. The van der Waals surface area contributed by atoms with E-state index in [9.17, 15) is 0 Å². The Hall–Kier alpha value is -1.61. The molecule has 8 aliphatic rings. The molecule has 4 heteroatoms. The number of halogens is 1. The third kappa shape index (κ3) is 5.29. The molecule has 6 atom stereocenters. The summed E-state index contributed by atoms with van der Waals surface area (Å²) in [7, 11) is 0. The van der Waals surface area contributed by atoms with Crippen molar-refractivity contribution in [1.29, 1.82) is 0 Å². The van der Waals surface area contributed by atoms with Crippen LogP contribution in [0, 0.1) is 22.7 Å². The smallest absolute Gasteiger partial charge is 0.241 e. The van der Waals surface area contributed by atoms with Crippen LogP contribution in [0.1, 0.15) is 182 Å². The van der Waals surface area contributed by atoms with E-state index in [4.69, 9.17) is 11.6 Å². The number of alkyl halides is 1. The first-order valence-electron chi connectivity index (χ1n) is 22.1. The van der Waals surface area contributed by atoms with Gasteiger partial charge in [0, 0.05) is 45.8 Å². The van der Waals surface area contributed by atoms with Crippen molar-refractivity contribution in [3.8, 4) is 0 Å². The molecule has 0 N–H and O–H groups in total. The number of anilines is 1. The van der Waals surface area contributed by atoms with Gasteiger partial charge >= 0.3 is 0 Å². The molecule has 9 rings (SSSR count). The molecule has 0 radical (unpaired) electrons. The monoisotopic (exact) mass is 721 g/mol. The number of hydrogen-bond acceptors (Lipinski definition) is 2. The lowest BCUT2D eigenvalue weighted by atomic mass is 9.29. The van der Waals surface area contributed by atoms with Crippen LogP contribution in [0.4, 0.5) is 5.69 Å². The van der Waals surface area contributed by atoms with Crippen molar-refractivity contribution in [2.24, 2.45) is 22.7 Å². The fourth-order valence-corrected chi connectivity index (χ4v) is 14.1. The first kappa shape index (κ1) is 36.1. The molecule has 0 aromatic heterocycles. The van der Waals surface area contributed by atoms with E-state index in [1.54, 1.807) is 33.5 Å². The summed E-state index contributed by atoms with van der Waals surface area (Å²) >= 11 is 7.27. The van der Waals surface area contributed by atoms with Crippen LogP contribution in [0.2, 0.25) is 0 Å². The van der Waals surface area contributed by atoms with Gasteiger partial charge < -0.3 is 9.80 Å². The molecule has 0 amide bonds. The van der Waals surface area contributed by atoms with Crippen LogP contribution in [0.25, 0.3) is 0 Å². The van der Waals surface area contributed by atoms with Crippen molar-refractivity contribution in [1.82, 2.24) is 4.90 Å². The maximum Gasteiger partial charge on any atom is 0.241 e. The lowest BCUT2D eigenvalue weighted by molar-refractivity contribution is 0.121. The molecule has 52 heavy (non-hydrogen) atoms. The largest absolute Gasteiger partial charge is 0.363 e. The van der Waals surface area contributed by atoms with Gasteiger partial charge in [0.1, 0.15) is 0 Å². The summed E-state index contributed by atoms with van der Waals surface area (Å²) in [4.78, 5) is 6.19. The zero-order valence-electron chi connectivity index (χ0n) is 34.5. The number of fused-ring (bicyclic) bond motifs is 5. The summed E-state index contributed by atoms with van der Waals surface area (Å²) in [6.07, 6.45) is 26.5. The van der Waals surface area contributed by atoms with E-state index in [0.29, 0.717) is 36.7 Å². The number of nitrogens with zero attached hydrogens (tertiary/aromatic N) is 2. The molecule has 3 heterocycles. The first-order chi connectivity index (χ1) is 24.6. The molecule has 282 valence electrons. The molecule has 1 aromatic carbocycles. The Bertz CT molecular complexity index is 1690. The highest BCUT2D eigenvalue weighted by Crippen LogP contribution is 2.64. The minimum atomic E-state index is 0.103. The van der Waals surface area contributed by atoms with Gasteiger partial charge in [-0.2, -0.15) is 0 Å². The second-order valence-corrected chi connectivity index (χ2v) is 22.6. The van der Waals surface area contributed by atoms with Crippen molar-refractivity contribution >= 4 is 29.5 Å². The highest BCUT2D eigenvalue weighted by molar-refractivity contribution is 6.88. The Morgan fingerprint density at radius 2 is 1.56 bits per heavy atom.